The molecule has 3 aromatic carbocycles. The summed E-state index contributed by atoms with van der Waals surface area (Å²) in [5.41, 5.74) is 10.3. The number of aryl methyl sites for hydroxylation is 1. The first kappa shape index (κ1) is 50.3. The molecule has 6 heterocycles. The molecule has 2 unspecified atom stereocenters. The van der Waals surface area contributed by atoms with Crippen LogP contribution in [0.5, 0.6) is 5.75 Å². The minimum Gasteiger partial charge on any atom is -0.508 e. The average molecular weight is 982 g/mol. The lowest BCUT2D eigenvalue weighted by Crippen LogP contribution is -2.62. The molecule has 9 rings (SSSR count). The molecule has 0 saturated carbocycles. The predicted molar refractivity (Wildman–Crippen MR) is 271 cm³/mol. The summed E-state index contributed by atoms with van der Waals surface area (Å²) in [5, 5.41) is 16.8. The summed E-state index contributed by atoms with van der Waals surface area (Å²) in [6.45, 7) is 10.8. The van der Waals surface area contributed by atoms with E-state index in [1.165, 1.54) is 9.91 Å². The van der Waals surface area contributed by atoms with Crippen molar-refractivity contribution in [1.29, 1.82) is 0 Å². The van der Waals surface area contributed by atoms with Gasteiger partial charge in [0.05, 0.1) is 30.0 Å². The lowest BCUT2D eigenvalue weighted by atomic mass is 9.84. The molecule has 4 aliphatic heterocycles. The second kappa shape index (κ2) is 20.5. The van der Waals surface area contributed by atoms with Crippen LogP contribution in [0.25, 0.3) is 33.3 Å². The van der Waals surface area contributed by atoms with Gasteiger partial charge in [-0.3, -0.25) is 34.0 Å². The van der Waals surface area contributed by atoms with Crippen LogP contribution >= 0.6 is 0 Å². The minimum absolute atomic E-state index is 0.0181. The number of aromatic hydroxyl groups is 1. The number of cyclic esters (lactones) is 1. The van der Waals surface area contributed by atoms with Gasteiger partial charge in [0, 0.05) is 75.3 Å². The zero-order chi connectivity index (χ0) is 51.2. The van der Waals surface area contributed by atoms with Crippen LogP contribution in [0.4, 0.5) is 0 Å². The highest BCUT2D eigenvalue weighted by Gasteiger charge is 2.50. The number of amides is 4. The Kier molecular flexibility index (Phi) is 14.3. The predicted octanol–water partition coefficient (Wildman–Crippen LogP) is 6.44. The molecule has 0 spiro atoms. The van der Waals surface area contributed by atoms with E-state index in [9.17, 15) is 29.1 Å². The Morgan fingerprint density at radius 2 is 1.75 bits per heavy atom. The lowest BCUT2D eigenvalue weighted by molar-refractivity contribution is -0.155. The van der Waals surface area contributed by atoms with Crippen LogP contribution in [0.15, 0.2) is 85.1 Å². The van der Waals surface area contributed by atoms with Crippen LogP contribution in [-0.4, -0.2) is 124 Å². The van der Waals surface area contributed by atoms with Gasteiger partial charge >= 0.3 is 5.97 Å². The van der Waals surface area contributed by atoms with Crippen molar-refractivity contribution in [1.82, 2.24) is 35.1 Å². The van der Waals surface area contributed by atoms with Crippen LogP contribution in [-0.2, 0) is 58.1 Å². The zero-order valence-corrected chi connectivity index (χ0v) is 42.5. The van der Waals surface area contributed by atoms with Gasteiger partial charge in [-0.25, -0.2) is 5.43 Å². The van der Waals surface area contributed by atoms with Gasteiger partial charge < -0.3 is 39.0 Å². The molecule has 3 N–H and O–H groups in total. The highest BCUT2D eigenvalue weighted by Crippen LogP contribution is 2.43. The fourth-order valence-electron chi connectivity index (χ4n) is 11.0. The molecule has 0 radical (unpaired) electrons. The number of benzene rings is 3. The number of fused-ring (bicyclic) bond motifs is 6. The van der Waals surface area contributed by atoms with Crippen molar-refractivity contribution < 1.29 is 43.3 Å². The van der Waals surface area contributed by atoms with E-state index in [4.69, 9.17) is 19.2 Å². The summed E-state index contributed by atoms with van der Waals surface area (Å²) in [6, 6.07) is 21.9. The van der Waals surface area contributed by atoms with Crippen molar-refractivity contribution in [3.05, 3.63) is 107 Å². The summed E-state index contributed by atoms with van der Waals surface area (Å²) in [5.74, 6) is -2.85. The molecule has 72 heavy (non-hydrogen) atoms. The number of phenolic OH excluding ortho intramolecular Hbond substituents is 1. The van der Waals surface area contributed by atoms with Gasteiger partial charge in [-0.2, -0.15) is 0 Å². The number of phenols is 1. The quantitative estimate of drug-likeness (QED) is 0.103. The van der Waals surface area contributed by atoms with Gasteiger partial charge in [0.1, 0.15) is 30.0 Å². The Morgan fingerprint density at radius 1 is 0.972 bits per heavy atom. The van der Waals surface area contributed by atoms with Gasteiger partial charge in [-0.15, -0.1) is 0 Å². The fourth-order valence-corrected chi connectivity index (χ4v) is 11.0. The number of epoxide rings is 1. The topological polar surface area (TPSA) is 188 Å². The number of nitrogens with one attached hydrogen (secondary N) is 2. The molecule has 3 saturated heterocycles. The van der Waals surface area contributed by atoms with E-state index in [1.807, 2.05) is 76.3 Å². The van der Waals surface area contributed by atoms with Crippen LogP contribution in [0.1, 0.15) is 88.5 Å². The molecule has 4 aliphatic rings. The number of esters is 1. The highest BCUT2D eigenvalue weighted by molar-refractivity contribution is 5.96. The van der Waals surface area contributed by atoms with Gasteiger partial charge in [0.2, 0.25) is 11.8 Å². The summed E-state index contributed by atoms with van der Waals surface area (Å²) < 4.78 is 19.8. The maximum Gasteiger partial charge on any atom is 0.324 e. The van der Waals surface area contributed by atoms with E-state index in [0.29, 0.717) is 43.4 Å². The van der Waals surface area contributed by atoms with E-state index in [1.54, 1.807) is 37.4 Å². The molecule has 16 nitrogen and oxygen atoms in total. The SMILES string of the molecule is CO[C@@H](C)c1ncccc1-c1c2c3cc(ccc3n1C)-c1cc(O)cc(c1)C[C@H](NC(=O)[C@H](C(C)C)N(C)C(=O)[C@H]1CCN(C(=O)C3OC3c3ccccc3)C1)C(=O)N1CCC[C@H](N1)C(=O)OCC(C)(C)C2. The molecule has 5 aromatic rings. The molecule has 2 aromatic heterocycles. The summed E-state index contributed by atoms with van der Waals surface area (Å²) in [7, 11) is 5.29. The number of carbonyl (C=O) groups is 5. The van der Waals surface area contributed by atoms with Crippen LogP contribution in [0.3, 0.4) is 0 Å². The van der Waals surface area contributed by atoms with Crippen molar-refractivity contribution in [3.63, 3.8) is 0 Å². The van der Waals surface area contributed by atoms with Crippen molar-refractivity contribution >= 4 is 40.5 Å². The monoisotopic (exact) mass is 982 g/mol. The Hall–Kier alpha value is -6.62. The second-order valence-corrected chi connectivity index (χ2v) is 21.1. The molecule has 0 aliphatic carbocycles. The van der Waals surface area contributed by atoms with E-state index < -0.39 is 53.3 Å². The first-order valence-electron chi connectivity index (χ1n) is 25.2. The Bertz CT molecular complexity index is 2880. The van der Waals surface area contributed by atoms with E-state index >= 15 is 0 Å². The standard InChI is InChI=1S/C56H67N7O9/c1-32(2)47(61(7)52(66)37-20-23-62(30-37)54(68)50-49(72-50)35-14-10-9-11-15-35)51(65)58-44-26-34-24-38(27-39(64)25-34)36-18-19-45-41(28-36)42(48(60(45)6)40-16-12-21-57-46(40)33(3)70-8)29-56(4,5)31-71-55(69)43-17-13-22-63(59-43)53(44)67/h9-12,14-16,18-19,21,24-25,27-28,32-33,37,43-44,47,49-50,59,64H,13,17,20,22-23,26,29-31H2,1-8H3,(H,58,65)/t33-,37-,43-,44-,47-,49?,50?/m0/s1. The normalized spacial score (nSPS) is 23.0. The maximum atomic E-state index is 14.8. The van der Waals surface area contributed by atoms with Gasteiger partial charge in [0.15, 0.2) is 6.10 Å². The molecular weight excluding hydrogens is 915 g/mol. The van der Waals surface area contributed by atoms with Gasteiger partial charge in [-0.1, -0.05) is 70.2 Å². The number of rotatable bonds is 10. The number of likely N-dealkylation sites (N-methyl/N-ethyl adjacent to an activating group) is 1. The first-order valence-corrected chi connectivity index (χ1v) is 25.2. The van der Waals surface area contributed by atoms with Gasteiger partial charge in [0.25, 0.3) is 11.8 Å². The number of likely N-dealkylation sites (tertiary alicyclic amines) is 1. The Labute approximate surface area is 421 Å². The number of carbonyl (C=O) groups excluding carboxylic acids is 5. The number of hydrogen-bond acceptors (Lipinski definition) is 11. The average Bonchev–Trinajstić information content (AvgIpc) is 3.94. The lowest BCUT2D eigenvalue weighted by Gasteiger charge is -2.37. The molecule has 6 bridgehead atoms. The molecule has 16 heteroatoms. The third kappa shape index (κ3) is 10.2. The largest absolute Gasteiger partial charge is 0.508 e. The number of hydrogen-bond donors (Lipinski definition) is 3. The van der Waals surface area contributed by atoms with Crippen molar-refractivity contribution in [3.8, 4) is 28.1 Å². The maximum absolute atomic E-state index is 14.8. The number of ether oxygens (including phenoxy) is 3. The smallest absolute Gasteiger partial charge is 0.324 e. The van der Waals surface area contributed by atoms with Crippen LogP contribution < -0.4 is 10.7 Å². The molecule has 7 atom stereocenters. The van der Waals surface area contributed by atoms with E-state index in [-0.39, 0.29) is 61.8 Å². The van der Waals surface area contributed by atoms with Crippen LogP contribution in [0, 0.1) is 17.3 Å². The molecule has 380 valence electrons. The highest BCUT2D eigenvalue weighted by atomic mass is 16.6. The van der Waals surface area contributed by atoms with E-state index in [2.05, 4.69) is 47.4 Å². The zero-order valence-electron chi connectivity index (χ0n) is 42.5. The number of hydrazine groups is 1. The summed E-state index contributed by atoms with van der Waals surface area (Å²) in [6.07, 6.45) is 2.45. The molecular formula is C56H67N7O9. The Morgan fingerprint density at radius 3 is 2.50 bits per heavy atom. The number of pyridine rings is 1. The summed E-state index contributed by atoms with van der Waals surface area (Å²) >= 11 is 0. The molecule has 4 amide bonds. The fraction of sp³-hybridized carbons (Fsp3) is 0.464. The minimum atomic E-state index is -1.18. The first-order chi connectivity index (χ1) is 34.4. The number of nitrogens with zero attached hydrogens (tertiary/aromatic N) is 5. The van der Waals surface area contributed by atoms with Gasteiger partial charge in [-0.05, 0) is 103 Å². The second-order valence-electron chi connectivity index (χ2n) is 21.1. The Balaban J connectivity index is 1.02. The third-order valence-electron chi connectivity index (χ3n) is 14.9. The van der Waals surface area contributed by atoms with E-state index in [0.717, 1.165) is 44.5 Å². The molecule has 3 fully saturated rings. The van der Waals surface area contributed by atoms with Crippen LogP contribution in [0.2, 0.25) is 0 Å². The van der Waals surface area contributed by atoms with Crippen molar-refractivity contribution in [2.75, 3.05) is 40.4 Å². The number of aromatic nitrogens is 2. The van der Waals surface area contributed by atoms with Crippen molar-refractivity contribution in [2.45, 2.75) is 103 Å². The number of methoxy groups -OCH3 is 1. The third-order valence-corrected chi connectivity index (χ3v) is 14.9. The summed E-state index contributed by atoms with van der Waals surface area (Å²) in [4.78, 5) is 79.1. The van der Waals surface area contributed by atoms with Crippen molar-refractivity contribution in [2.24, 2.45) is 24.3 Å².